The van der Waals surface area contributed by atoms with Gasteiger partial charge in [0, 0.05) is 25.4 Å². The number of carbonyl (C=O) groups is 3. The highest BCUT2D eigenvalue weighted by molar-refractivity contribution is 5.81. The van der Waals surface area contributed by atoms with E-state index in [1.807, 2.05) is 37.4 Å². The van der Waals surface area contributed by atoms with Crippen LogP contribution in [-0.4, -0.2) is 48.2 Å². The largest absolute Gasteiger partial charge is 0.463 e. The van der Waals surface area contributed by atoms with Crippen LogP contribution in [0.25, 0.3) is 0 Å². The van der Waals surface area contributed by atoms with Gasteiger partial charge >= 0.3 is 12.1 Å². The number of amides is 2. The maximum Gasteiger partial charge on any atom is 0.404 e. The minimum Gasteiger partial charge on any atom is -0.463 e. The summed E-state index contributed by atoms with van der Waals surface area (Å²) >= 11 is 0. The topological polar surface area (TPSA) is 125 Å². The van der Waals surface area contributed by atoms with Crippen LogP contribution in [0.5, 0.6) is 0 Å². The SMILES string of the molecule is CC(=O)OCC(c1ccccc1)N(C)C(=O)C1CCC2(N)[C@@H]3CCC4CC(OC(N)=O)CC[C@]4(C)[C@H]3CC[C@]12C. The Hall–Kier alpha value is -2.61. The Kier molecular flexibility index (Phi) is 7.70. The third-order valence-electron chi connectivity index (χ3n) is 12.0. The van der Waals surface area contributed by atoms with E-state index in [1.54, 1.807) is 4.90 Å². The van der Waals surface area contributed by atoms with Gasteiger partial charge in [-0.1, -0.05) is 44.2 Å². The van der Waals surface area contributed by atoms with Gasteiger partial charge in [0.05, 0.1) is 6.04 Å². The van der Waals surface area contributed by atoms with Gasteiger partial charge in [0.2, 0.25) is 5.91 Å². The van der Waals surface area contributed by atoms with Gasteiger partial charge in [-0.15, -0.1) is 0 Å². The maximum absolute atomic E-state index is 14.3. The van der Waals surface area contributed by atoms with Gasteiger partial charge in [0.25, 0.3) is 0 Å². The van der Waals surface area contributed by atoms with Gasteiger partial charge in [-0.25, -0.2) is 4.79 Å². The quantitative estimate of drug-likeness (QED) is 0.480. The lowest BCUT2D eigenvalue weighted by Crippen LogP contribution is -2.67. The zero-order valence-electron chi connectivity index (χ0n) is 24.6. The highest BCUT2D eigenvalue weighted by atomic mass is 16.6. The van der Waals surface area contributed by atoms with Crippen molar-refractivity contribution >= 4 is 18.0 Å². The van der Waals surface area contributed by atoms with Crippen molar-refractivity contribution in [1.82, 2.24) is 4.90 Å². The van der Waals surface area contributed by atoms with E-state index in [0.29, 0.717) is 17.8 Å². The van der Waals surface area contributed by atoms with Crippen LogP contribution < -0.4 is 11.5 Å². The van der Waals surface area contributed by atoms with Crippen LogP contribution in [0.1, 0.15) is 90.2 Å². The Labute approximate surface area is 238 Å². The van der Waals surface area contributed by atoms with Crippen LogP contribution in [0.15, 0.2) is 30.3 Å². The third kappa shape index (κ3) is 4.70. The van der Waals surface area contributed by atoms with Gasteiger partial charge in [0.1, 0.15) is 12.7 Å². The molecule has 2 amide bonds. The molecule has 8 nitrogen and oxygen atoms in total. The molecule has 9 atom stereocenters. The van der Waals surface area contributed by atoms with Crippen molar-refractivity contribution < 1.29 is 23.9 Å². The molecule has 0 bridgehead atoms. The van der Waals surface area contributed by atoms with Crippen LogP contribution in [0.3, 0.4) is 0 Å². The summed E-state index contributed by atoms with van der Waals surface area (Å²) in [5.41, 5.74) is 13.3. The van der Waals surface area contributed by atoms with Crippen LogP contribution in [0.2, 0.25) is 0 Å². The van der Waals surface area contributed by atoms with Gasteiger partial charge < -0.3 is 25.8 Å². The molecule has 0 heterocycles. The average Bonchev–Trinajstić information content (AvgIpc) is 3.19. The number of esters is 1. The molecule has 220 valence electrons. The number of likely N-dealkylation sites (N-methyl/N-ethyl adjacent to an activating group) is 1. The van der Waals surface area contributed by atoms with Crippen molar-refractivity contribution in [2.45, 2.75) is 96.2 Å². The summed E-state index contributed by atoms with van der Waals surface area (Å²) in [6.07, 6.45) is 7.74. The Balaban J connectivity index is 1.36. The molecule has 0 radical (unpaired) electrons. The van der Waals surface area contributed by atoms with Crippen LogP contribution in [0.4, 0.5) is 4.79 Å². The van der Waals surface area contributed by atoms with Gasteiger partial charge in [0.15, 0.2) is 0 Å². The molecule has 4 fully saturated rings. The predicted molar refractivity (Wildman–Crippen MR) is 152 cm³/mol. The van der Waals surface area contributed by atoms with Crippen molar-refractivity contribution in [3.63, 3.8) is 0 Å². The maximum atomic E-state index is 14.3. The summed E-state index contributed by atoms with van der Waals surface area (Å²) in [5, 5.41) is 0. The van der Waals surface area contributed by atoms with Crippen molar-refractivity contribution in [3.8, 4) is 0 Å². The molecule has 5 rings (SSSR count). The summed E-state index contributed by atoms with van der Waals surface area (Å²) in [6.45, 7) is 6.23. The van der Waals surface area contributed by atoms with E-state index in [1.165, 1.54) is 6.92 Å². The van der Waals surface area contributed by atoms with Crippen molar-refractivity contribution in [2.24, 2.45) is 46.0 Å². The van der Waals surface area contributed by atoms with E-state index in [0.717, 1.165) is 63.4 Å². The first-order valence-corrected chi connectivity index (χ1v) is 15.1. The minimum atomic E-state index is -0.675. The van der Waals surface area contributed by atoms with Crippen LogP contribution in [-0.2, 0) is 19.1 Å². The van der Waals surface area contributed by atoms with Crippen LogP contribution >= 0.6 is 0 Å². The summed E-state index contributed by atoms with van der Waals surface area (Å²) in [7, 11) is 1.84. The number of benzene rings is 1. The number of ether oxygens (including phenoxy) is 2. The van der Waals surface area contributed by atoms with Crippen molar-refractivity contribution in [2.75, 3.05) is 13.7 Å². The van der Waals surface area contributed by atoms with Gasteiger partial charge in [-0.05, 0) is 91.9 Å². The van der Waals surface area contributed by atoms with Crippen molar-refractivity contribution in [1.29, 1.82) is 0 Å². The standard InChI is InChI=1S/C32H47N3O5/c1-20(36)39-19-27(21-8-6-5-7-9-21)35(4)28(37)26-14-17-32(34)25-11-10-22-18-23(40-29(33)38)12-15-30(22,2)24(25)13-16-31(26,32)3/h5-9,22-27H,10-19,34H2,1-4H3,(H2,33,38)/t22?,23?,24-,25+,26?,27?,30-,31+,32?/m0/s1. The lowest BCUT2D eigenvalue weighted by molar-refractivity contribution is -0.156. The average molecular weight is 554 g/mol. The van der Waals surface area contributed by atoms with E-state index >= 15 is 0 Å². The molecular formula is C32H47N3O5. The first kappa shape index (κ1) is 28.9. The smallest absolute Gasteiger partial charge is 0.404 e. The minimum absolute atomic E-state index is 0.0821. The monoisotopic (exact) mass is 553 g/mol. The molecule has 1 aromatic carbocycles. The van der Waals surface area contributed by atoms with Crippen molar-refractivity contribution in [3.05, 3.63) is 35.9 Å². The number of nitrogens with two attached hydrogens (primary N) is 2. The van der Waals surface area contributed by atoms with Crippen LogP contribution in [0, 0.1) is 34.5 Å². The molecular weight excluding hydrogens is 506 g/mol. The number of hydrogen-bond acceptors (Lipinski definition) is 6. The molecule has 0 spiro atoms. The third-order valence-corrected chi connectivity index (χ3v) is 12.0. The zero-order chi connectivity index (χ0) is 28.9. The second-order valence-corrected chi connectivity index (χ2v) is 13.6. The lowest BCUT2D eigenvalue weighted by atomic mass is 9.42. The molecule has 0 saturated heterocycles. The summed E-state index contributed by atoms with van der Waals surface area (Å²) in [6, 6.07) is 9.45. The Morgan fingerprint density at radius 2 is 1.73 bits per heavy atom. The van der Waals surface area contributed by atoms with E-state index in [2.05, 4.69) is 13.8 Å². The summed E-state index contributed by atoms with van der Waals surface area (Å²) < 4.78 is 10.8. The highest BCUT2D eigenvalue weighted by Crippen LogP contribution is 2.68. The molecule has 4 aliphatic carbocycles. The number of carbonyl (C=O) groups excluding carboxylic acids is 3. The Morgan fingerprint density at radius 1 is 1.00 bits per heavy atom. The Bertz CT molecular complexity index is 1130. The molecule has 0 aromatic heterocycles. The number of primary amides is 1. The van der Waals surface area contributed by atoms with Gasteiger partial charge in [-0.3, -0.25) is 9.59 Å². The highest BCUT2D eigenvalue weighted by Gasteiger charge is 2.67. The summed E-state index contributed by atoms with van der Waals surface area (Å²) in [5.74, 6) is 0.947. The zero-order valence-corrected chi connectivity index (χ0v) is 24.6. The predicted octanol–water partition coefficient (Wildman–Crippen LogP) is 4.95. The second kappa shape index (κ2) is 10.7. The fourth-order valence-corrected chi connectivity index (χ4v) is 9.66. The first-order valence-electron chi connectivity index (χ1n) is 15.1. The Morgan fingerprint density at radius 3 is 2.40 bits per heavy atom. The van der Waals surface area contributed by atoms with E-state index in [4.69, 9.17) is 20.9 Å². The molecule has 4 N–H and O–H groups in total. The number of hydrogen-bond donors (Lipinski definition) is 2. The fourth-order valence-electron chi connectivity index (χ4n) is 9.66. The normalized spacial score (nSPS) is 39.2. The molecule has 8 heteroatoms. The molecule has 0 aliphatic heterocycles. The summed E-state index contributed by atoms with van der Waals surface area (Å²) in [4.78, 5) is 39.1. The first-order chi connectivity index (χ1) is 18.9. The lowest BCUT2D eigenvalue weighted by Gasteiger charge is -2.64. The number of nitrogens with zero attached hydrogens (tertiary/aromatic N) is 1. The van der Waals surface area contributed by atoms with E-state index in [-0.39, 0.29) is 47.4 Å². The molecule has 1 aromatic rings. The number of rotatable bonds is 6. The molecule has 4 saturated carbocycles. The van der Waals surface area contributed by atoms with Gasteiger partial charge in [-0.2, -0.15) is 0 Å². The van der Waals surface area contributed by atoms with E-state index < -0.39 is 11.6 Å². The molecule has 5 unspecified atom stereocenters. The van der Waals surface area contributed by atoms with E-state index in [9.17, 15) is 14.4 Å². The molecule has 40 heavy (non-hydrogen) atoms. The fraction of sp³-hybridized carbons (Fsp3) is 0.719. The second-order valence-electron chi connectivity index (χ2n) is 13.6. The number of fused-ring (bicyclic) bond motifs is 5. The molecule has 4 aliphatic rings.